The molecule has 3 aromatic rings. The Hall–Kier alpha value is -4.44. The number of nitrogens with one attached hydrogen (secondary N) is 2. The monoisotopic (exact) mass is 656 g/mol. The van der Waals surface area contributed by atoms with Crippen molar-refractivity contribution in [1.29, 1.82) is 0 Å². The van der Waals surface area contributed by atoms with Gasteiger partial charge in [0.25, 0.3) is 0 Å². The summed E-state index contributed by atoms with van der Waals surface area (Å²) in [6.07, 6.45) is 5.47. The number of rotatable bonds is 8. The second kappa shape index (κ2) is 14.0. The predicted octanol–water partition coefficient (Wildman–Crippen LogP) is 7.27. The van der Waals surface area contributed by atoms with Crippen LogP contribution in [0.4, 0.5) is 15.4 Å². The van der Waals surface area contributed by atoms with Crippen molar-refractivity contribution in [2.75, 3.05) is 19.5 Å². The zero-order valence-electron chi connectivity index (χ0n) is 28.8. The molecule has 2 aliphatic rings. The molecule has 2 saturated carbocycles. The van der Waals surface area contributed by atoms with Gasteiger partial charge in [0, 0.05) is 44.1 Å². The second-order valence-corrected chi connectivity index (χ2v) is 14.6. The lowest BCUT2D eigenvalue weighted by Gasteiger charge is -2.52. The number of benzene rings is 2. The van der Waals surface area contributed by atoms with Crippen LogP contribution in [0.25, 0.3) is 22.3 Å². The first-order valence-electron chi connectivity index (χ1n) is 16.7. The van der Waals surface area contributed by atoms with Crippen molar-refractivity contribution in [2.45, 2.75) is 95.4 Å². The first-order valence-corrected chi connectivity index (χ1v) is 16.7. The Morgan fingerprint density at radius 1 is 0.958 bits per heavy atom. The minimum Gasteiger partial charge on any atom is -0.453 e. The van der Waals surface area contributed by atoms with E-state index in [0.29, 0.717) is 25.1 Å². The van der Waals surface area contributed by atoms with Crippen molar-refractivity contribution in [3.63, 3.8) is 0 Å². The summed E-state index contributed by atoms with van der Waals surface area (Å²) in [7, 11) is 3.15. The first-order chi connectivity index (χ1) is 22.7. The molecule has 3 amide bonds. The lowest BCUT2D eigenvalue weighted by Crippen LogP contribution is -2.62. The SMILES string of the molecule is COC(=O)N(C)C1CCC(CC(=O)Nc2cc(-c3ccccc3)c(-c3ccc(C4(NC(=O)OC(C)(C)C)CC(C)(O)C4)cc3)cn2)CC1. The van der Waals surface area contributed by atoms with Crippen LogP contribution in [-0.4, -0.2) is 64.5 Å². The molecule has 2 aromatic carbocycles. The van der Waals surface area contributed by atoms with Gasteiger partial charge in [0.15, 0.2) is 0 Å². The Kier molecular flexibility index (Phi) is 10.1. The van der Waals surface area contributed by atoms with Crippen LogP contribution >= 0.6 is 0 Å². The van der Waals surface area contributed by atoms with Gasteiger partial charge in [-0.15, -0.1) is 0 Å². The summed E-state index contributed by atoms with van der Waals surface area (Å²) in [5.74, 6) is 0.643. The maximum absolute atomic E-state index is 13.1. The number of aromatic nitrogens is 1. The summed E-state index contributed by atoms with van der Waals surface area (Å²) in [6, 6.07) is 20.0. The van der Waals surface area contributed by atoms with E-state index < -0.39 is 22.8 Å². The second-order valence-electron chi connectivity index (χ2n) is 14.6. The molecule has 1 aromatic heterocycles. The fourth-order valence-corrected chi connectivity index (χ4v) is 7.18. The number of carbonyl (C=O) groups excluding carboxylic acids is 3. The Bertz CT molecular complexity index is 1600. The largest absolute Gasteiger partial charge is 0.453 e. The quantitative estimate of drug-likeness (QED) is 0.233. The van der Waals surface area contributed by atoms with E-state index in [0.717, 1.165) is 53.5 Å². The Morgan fingerprint density at radius 3 is 2.17 bits per heavy atom. The van der Waals surface area contributed by atoms with Gasteiger partial charge in [-0.2, -0.15) is 0 Å². The summed E-state index contributed by atoms with van der Waals surface area (Å²) in [6.45, 7) is 7.23. The van der Waals surface area contributed by atoms with E-state index in [1.807, 2.05) is 81.4 Å². The molecule has 0 saturated heterocycles. The molecule has 256 valence electrons. The number of hydrogen-bond acceptors (Lipinski definition) is 7. The fraction of sp³-hybridized carbons (Fsp3) is 0.474. The van der Waals surface area contributed by atoms with Crippen LogP contribution in [0, 0.1) is 5.92 Å². The minimum absolute atomic E-state index is 0.0810. The van der Waals surface area contributed by atoms with Gasteiger partial charge >= 0.3 is 12.2 Å². The van der Waals surface area contributed by atoms with Crippen molar-refractivity contribution in [1.82, 2.24) is 15.2 Å². The molecule has 0 atom stereocenters. The maximum atomic E-state index is 13.1. The molecular weight excluding hydrogens is 608 g/mol. The molecule has 0 unspecified atom stereocenters. The van der Waals surface area contributed by atoms with E-state index in [1.165, 1.54) is 7.11 Å². The molecule has 5 rings (SSSR count). The van der Waals surface area contributed by atoms with Gasteiger partial charge in [-0.3, -0.25) is 4.79 Å². The van der Waals surface area contributed by atoms with E-state index >= 15 is 0 Å². The van der Waals surface area contributed by atoms with Crippen molar-refractivity contribution in [3.05, 3.63) is 72.4 Å². The predicted molar refractivity (Wildman–Crippen MR) is 185 cm³/mol. The number of hydrogen-bond donors (Lipinski definition) is 3. The van der Waals surface area contributed by atoms with Gasteiger partial charge in [-0.05, 0) is 87.6 Å². The van der Waals surface area contributed by atoms with Gasteiger partial charge in [0.05, 0.1) is 18.2 Å². The highest BCUT2D eigenvalue weighted by Crippen LogP contribution is 2.49. The van der Waals surface area contributed by atoms with Crippen LogP contribution in [0.1, 0.15) is 78.2 Å². The average Bonchev–Trinajstić information content (AvgIpc) is 3.03. The van der Waals surface area contributed by atoms with E-state index in [1.54, 1.807) is 25.1 Å². The van der Waals surface area contributed by atoms with Crippen LogP contribution in [0.5, 0.6) is 0 Å². The number of aliphatic hydroxyl groups is 1. The normalized spacial score (nSPS) is 23.7. The first kappa shape index (κ1) is 34.9. The molecule has 0 aliphatic heterocycles. The summed E-state index contributed by atoms with van der Waals surface area (Å²) in [4.78, 5) is 44.1. The minimum atomic E-state index is -0.890. The molecule has 0 bridgehead atoms. The van der Waals surface area contributed by atoms with E-state index in [4.69, 9.17) is 9.47 Å². The third-order valence-electron chi connectivity index (χ3n) is 9.41. The highest BCUT2D eigenvalue weighted by Gasteiger charge is 2.53. The molecule has 10 heteroatoms. The van der Waals surface area contributed by atoms with E-state index in [-0.39, 0.29) is 24.0 Å². The third-order valence-corrected chi connectivity index (χ3v) is 9.41. The number of ether oxygens (including phenoxy) is 2. The van der Waals surface area contributed by atoms with Gasteiger partial charge in [0.1, 0.15) is 11.4 Å². The molecular formula is C38H48N4O6. The Balaban J connectivity index is 1.32. The van der Waals surface area contributed by atoms with Gasteiger partial charge < -0.3 is 30.1 Å². The number of carbonyl (C=O) groups is 3. The smallest absolute Gasteiger partial charge is 0.409 e. The molecule has 2 fully saturated rings. The molecule has 0 radical (unpaired) electrons. The van der Waals surface area contributed by atoms with Crippen LogP contribution in [0.15, 0.2) is 66.9 Å². The zero-order chi connectivity index (χ0) is 34.7. The topological polar surface area (TPSA) is 130 Å². The summed E-state index contributed by atoms with van der Waals surface area (Å²) in [5.41, 5.74) is 2.34. The number of anilines is 1. The summed E-state index contributed by atoms with van der Waals surface area (Å²) >= 11 is 0. The zero-order valence-corrected chi connectivity index (χ0v) is 28.8. The van der Waals surface area contributed by atoms with Crippen LogP contribution < -0.4 is 10.6 Å². The Morgan fingerprint density at radius 2 is 1.58 bits per heavy atom. The lowest BCUT2D eigenvalue weighted by atomic mass is 9.62. The van der Waals surface area contributed by atoms with Crippen LogP contribution in [-0.2, 0) is 19.8 Å². The number of alkyl carbamates (subject to hydrolysis) is 1. The lowest BCUT2D eigenvalue weighted by molar-refractivity contribution is -0.117. The van der Waals surface area contributed by atoms with Gasteiger partial charge in [-0.1, -0.05) is 54.6 Å². The summed E-state index contributed by atoms with van der Waals surface area (Å²) < 4.78 is 10.4. The molecule has 1 heterocycles. The third kappa shape index (κ3) is 8.34. The number of amides is 3. The van der Waals surface area contributed by atoms with Crippen molar-refractivity contribution < 1.29 is 29.0 Å². The molecule has 0 spiro atoms. The standard InChI is InChI=1S/C38H48N4O6/c1-36(2,3)48-34(44)41-38(23-37(4,46)24-38)28-16-14-27(15-17-28)31-22-39-32(21-30(31)26-10-8-7-9-11-26)40-33(43)20-25-12-18-29(19-13-25)42(5)35(45)47-6/h7-11,14-17,21-22,25,29,46H,12-13,18-20,23-24H2,1-6H3,(H,41,44)(H,39,40,43). The Labute approximate surface area is 283 Å². The summed E-state index contributed by atoms with van der Waals surface area (Å²) in [5, 5.41) is 16.7. The molecule has 10 nitrogen and oxygen atoms in total. The van der Waals surface area contributed by atoms with Gasteiger partial charge in [0.2, 0.25) is 5.91 Å². The van der Waals surface area contributed by atoms with E-state index in [9.17, 15) is 19.5 Å². The van der Waals surface area contributed by atoms with Crippen LogP contribution in [0.2, 0.25) is 0 Å². The number of nitrogens with zero attached hydrogens (tertiary/aromatic N) is 2. The molecule has 3 N–H and O–H groups in total. The van der Waals surface area contributed by atoms with E-state index in [2.05, 4.69) is 15.6 Å². The van der Waals surface area contributed by atoms with Gasteiger partial charge in [-0.25, -0.2) is 14.6 Å². The van der Waals surface area contributed by atoms with Crippen molar-refractivity contribution >= 4 is 23.9 Å². The van der Waals surface area contributed by atoms with Crippen molar-refractivity contribution in [3.8, 4) is 22.3 Å². The van der Waals surface area contributed by atoms with Crippen LogP contribution in [0.3, 0.4) is 0 Å². The fourth-order valence-electron chi connectivity index (χ4n) is 7.18. The number of pyridine rings is 1. The average molecular weight is 657 g/mol. The van der Waals surface area contributed by atoms with Crippen molar-refractivity contribution in [2.24, 2.45) is 5.92 Å². The molecule has 2 aliphatic carbocycles. The maximum Gasteiger partial charge on any atom is 0.409 e. The number of methoxy groups -OCH3 is 1. The molecule has 48 heavy (non-hydrogen) atoms. The highest BCUT2D eigenvalue weighted by atomic mass is 16.6. The highest BCUT2D eigenvalue weighted by molar-refractivity contribution is 5.92.